The van der Waals surface area contributed by atoms with Gasteiger partial charge in [-0.25, -0.2) is 4.98 Å². The summed E-state index contributed by atoms with van der Waals surface area (Å²) in [7, 11) is 0. The molecule has 2 aliphatic rings. The van der Waals surface area contributed by atoms with Gasteiger partial charge in [-0.2, -0.15) is 5.26 Å². The van der Waals surface area contributed by atoms with Gasteiger partial charge < -0.3 is 15.1 Å². The second kappa shape index (κ2) is 11.0. The largest absolute Gasteiger partial charge is 0.350 e. The maximum Gasteiger partial charge on any atom is 0.255 e. The number of nitriles is 1. The van der Waals surface area contributed by atoms with Crippen LogP contribution >= 0.6 is 11.3 Å². The fourth-order valence-electron chi connectivity index (χ4n) is 5.53. The summed E-state index contributed by atoms with van der Waals surface area (Å²) in [6, 6.07) is 13.9. The molecule has 1 fully saturated rings. The zero-order valence-corrected chi connectivity index (χ0v) is 23.1. The Labute approximate surface area is 232 Å². The van der Waals surface area contributed by atoms with Crippen molar-refractivity contribution in [3.8, 4) is 16.5 Å². The molecule has 9 heteroatoms. The van der Waals surface area contributed by atoms with Crippen LogP contribution in [0.4, 0.5) is 0 Å². The minimum Gasteiger partial charge on any atom is -0.350 e. The van der Waals surface area contributed by atoms with Crippen molar-refractivity contribution >= 4 is 29.1 Å². The third kappa shape index (κ3) is 5.17. The van der Waals surface area contributed by atoms with E-state index >= 15 is 0 Å². The van der Waals surface area contributed by atoms with E-state index in [-0.39, 0.29) is 23.6 Å². The predicted molar refractivity (Wildman–Crippen MR) is 149 cm³/mol. The first kappa shape index (κ1) is 26.6. The lowest BCUT2D eigenvalue weighted by Crippen LogP contribution is -2.55. The predicted octanol–water partition coefficient (Wildman–Crippen LogP) is 4.28. The van der Waals surface area contributed by atoms with Crippen LogP contribution in [0.5, 0.6) is 0 Å². The van der Waals surface area contributed by atoms with Gasteiger partial charge in [-0.15, -0.1) is 11.3 Å². The van der Waals surface area contributed by atoms with Gasteiger partial charge in [0.05, 0.1) is 27.7 Å². The molecule has 3 aromatic rings. The summed E-state index contributed by atoms with van der Waals surface area (Å²) < 4.78 is 0. The maximum atomic E-state index is 13.9. The van der Waals surface area contributed by atoms with Gasteiger partial charge in [-0.05, 0) is 54.5 Å². The van der Waals surface area contributed by atoms with Crippen LogP contribution in [-0.4, -0.2) is 51.1 Å². The second-order valence-electron chi connectivity index (χ2n) is 10.5. The Bertz CT molecular complexity index is 1460. The highest BCUT2D eigenvalue weighted by Gasteiger charge is 2.43. The minimum atomic E-state index is -0.688. The molecule has 2 unspecified atom stereocenters. The van der Waals surface area contributed by atoms with Crippen LogP contribution in [0.2, 0.25) is 0 Å². The van der Waals surface area contributed by atoms with Crippen LogP contribution in [0.3, 0.4) is 0 Å². The molecule has 0 bridgehead atoms. The first-order chi connectivity index (χ1) is 18.8. The quantitative estimate of drug-likeness (QED) is 0.481. The monoisotopic (exact) mass is 541 g/mol. The Kier molecular flexibility index (Phi) is 7.49. The number of aryl methyl sites for hydroxylation is 1. The third-order valence-corrected chi connectivity index (χ3v) is 8.54. The topological polar surface area (TPSA) is 106 Å². The minimum absolute atomic E-state index is 0.142. The Morgan fingerprint density at radius 3 is 2.64 bits per heavy atom. The van der Waals surface area contributed by atoms with Gasteiger partial charge >= 0.3 is 0 Å². The number of hydrogen-bond donors (Lipinski definition) is 1. The summed E-state index contributed by atoms with van der Waals surface area (Å²) in [5, 5.41) is 12.2. The highest BCUT2D eigenvalue weighted by molar-refractivity contribution is 7.13. The van der Waals surface area contributed by atoms with E-state index in [2.05, 4.69) is 16.4 Å². The SMILES string of the molecule is Cc1ncsc1-c1ccc(CNC(=O)C2CCCN2C(=O)C(C(C)C)N2Cc3ccc(C#N)cc3C2=O)cc1. The van der Waals surface area contributed by atoms with Crippen molar-refractivity contribution in [3.05, 3.63) is 75.9 Å². The standard InChI is InChI=1S/C30H31N5O3S/c1-18(2)26(35-16-23-11-8-21(14-31)13-24(23)29(35)37)30(38)34-12-4-5-25(34)28(36)32-15-20-6-9-22(10-7-20)27-19(3)33-17-39-27/h6-11,13,17-18,25-26H,4-5,12,15-16H2,1-3H3,(H,32,36). The Balaban J connectivity index is 1.26. The number of benzene rings is 2. The molecule has 0 saturated carbocycles. The molecular weight excluding hydrogens is 510 g/mol. The molecule has 1 N–H and O–H groups in total. The van der Waals surface area contributed by atoms with Crippen molar-refractivity contribution in [2.75, 3.05) is 6.54 Å². The van der Waals surface area contributed by atoms with Gasteiger partial charge in [-0.1, -0.05) is 44.2 Å². The normalized spacial score (nSPS) is 17.3. The highest BCUT2D eigenvalue weighted by atomic mass is 32.1. The van der Waals surface area contributed by atoms with Crippen molar-refractivity contribution in [3.63, 3.8) is 0 Å². The van der Waals surface area contributed by atoms with Crippen LogP contribution in [0.1, 0.15) is 59.4 Å². The summed E-state index contributed by atoms with van der Waals surface area (Å²) in [5.74, 6) is -0.767. The Hall–Kier alpha value is -4.03. The van der Waals surface area contributed by atoms with Gasteiger partial charge in [0.1, 0.15) is 12.1 Å². The van der Waals surface area contributed by atoms with Crippen molar-refractivity contribution in [1.29, 1.82) is 5.26 Å². The molecule has 3 heterocycles. The number of nitrogens with zero attached hydrogens (tertiary/aromatic N) is 4. The Morgan fingerprint density at radius 2 is 1.97 bits per heavy atom. The van der Waals surface area contributed by atoms with Crippen LogP contribution in [0, 0.1) is 24.2 Å². The summed E-state index contributed by atoms with van der Waals surface area (Å²) in [5.41, 5.74) is 6.60. The average Bonchev–Trinajstić information content (AvgIpc) is 3.67. The third-order valence-electron chi connectivity index (χ3n) is 7.56. The van der Waals surface area contributed by atoms with E-state index < -0.39 is 12.1 Å². The van der Waals surface area contributed by atoms with E-state index in [4.69, 9.17) is 0 Å². The van der Waals surface area contributed by atoms with E-state index in [9.17, 15) is 19.6 Å². The summed E-state index contributed by atoms with van der Waals surface area (Å²) in [6.07, 6.45) is 1.32. The zero-order chi connectivity index (χ0) is 27.7. The van der Waals surface area contributed by atoms with Crippen LogP contribution < -0.4 is 5.32 Å². The molecule has 39 heavy (non-hydrogen) atoms. The lowest BCUT2D eigenvalue weighted by molar-refractivity contribution is -0.143. The molecule has 5 rings (SSSR count). The first-order valence-electron chi connectivity index (χ1n) is 13.2. The second-order valence-corrected chi connectivity index (χ2v) is 11.3. The number of hydrogen-bond acceptors (Lipinski definition) is 6. The van der Waals surface area contributed by atoms with E-state index in [1.54, 1.807) is 39.3 Å². The van der Waals surface area contributed by atoms with Crippen molar-refractivity contribution in [2.45, 2.75) is 58.8 Å². The zero-order valence-electron chi connectivity index (χ0n) is 22.3. The van der Waals surface area contributed by atoms with Crippen molar-refractivity contribution < 1.29 is 14.4 Å². The number of nitrogens with one attached hydrogen (secondary N) is 1. The molecule has 0 radical (unpaired) electrons. The number of rotatable bonds is 7. The summed E-state index contributed by atoms with van der Waals surface area (Å²) >= 11 is 1.60. The number of fused-ring (bicyclic) bond motifs is 1. The van der Waals surface area contributed by atoms with Gasteiger partial charge in [0.15, 0.2) is 0 Å². The van der Waals surface area contributed by atoms with E-state index in [1.807, 2.05) is 50.5 Å². The van der Waals surface area contributed by atoms with E-state index in [0.717, 1.165) is 33.7 Å². The van der Waals surface area contributed by atoms with Gasteiger partial charge in [0, 0.05) is 25.2 Å². The molecule has 2 aliphatic heterocycles. The molecule has 0 spiro atoms. The lowest BCUT2D eigenvalue weighted by Gasteiger charge is -2.35. The number of aromatic nitrogens is 1. The van der Waals surface area contributed by atoms with Crippen LogP contribution in [-0.2, 0) is 22.7 Å². The molecule has 2 aromatic carbocycles. The Morgan fingerprint density at radius 1 is 1.21 bits per heavy atom. The number of carbonyl (C=O) groups excluding carboxylic acids is 3. The number of likely N-dealkylation sites (tertiary alicyclic amines) is 1. The van der Waals surface area contributed by atoms with Gasteiger partial charge in [0.25, 0.3) is 5.91 Å². The molecule has 1 aromatic heterocycles. The lowest BCUT2D eigenvalue weighted by atomic mass is 10.0. The molecule has 200 valence electrons. The molecular formula is C30H31N5O3S. The molecule has 8 nitrogen and oxygen atoms in total. The number of amides is 3. The van der Waals surface area contributed by atoms with Crippen LogP contribution in [0.15, 0.2) is 48.0 Å². The van der Waals surface area contributed by atoms with Gasteiger partial charge in [-0.3, -0.25) is 14.4 Å². The fourth-order valence-corrected chi connectivity index (χ4v) is 6.34. The number of carbonyl (C=O) groups is 3. The first-order valence-corrected chi connectivity index (χ1v) is 14.1. The fraction of sp³-hybridized carbons (Fsp3) is 0.367. The van der Waals surface area contributed by atoms with Crippen molar-refractivity contribution in [1.82, 2.24) is 20.1 Å². The molecule has 3 amide bonds. The highest BCUT2D eigenvalue weighted by Crippen LogP contribution is 2.31. The van der Waals surface area contributed by atoms with Crippen LogP contribution in [0.25, 0.3) is 10.4 Å². The number of thiazole rings is 1. The smallest absolute Gasteiger partial charge is 0.255 e. The maximum absolute atomic E-state index is 13.9. The van der Waals surface area contributed by atoms with E-state index in [0.29, 0.717) is 37.2 Å². The van der Waals surface area contributed by atoms with E-state index in [1.165, 1.54) is 0 Å². The molecule has 2 atom stereocenters. The molecule has 1 saturated heterocycles. The van der Waals surface area contributed by atoms with Crippen molar-refractivity contribution in [2.24, 2.45) is 5.92 Å². The summed E-state index contributed by atoms with van der Waals surface area (Å²) in [4.78, 5) is 49.1. The summed E-state index contributed by atoms with van der Waals surface area (Å²) in [6.45, 7) is 6.99. The molecule has 0 aliphatic carbocycles. The average molecular weight is 542 g/mol. The van der Waals surface area contributed by atoms with Gasteiger partial charge in [0.2, 0.25) is 11.8 Å².